The molecule has 0 aromatic heterocycles. The summed E-state index contributed by atoms with van der Waals surface area (Å²) in [6, 6.07) is 4.73. The van der Waals surface area contributed by atoms with Gasteiger partial charge in [0.1, 0.15) is 6.54 Å². The number of hydrogen-bond donors (Lipinski definition) is 5. The number of aliphatic carboxylic acids is 1. The van der Waals surface area contributed by atoms with Crippen molar-refractivity contribution in [3.8, 4) is 0 Å². The number of carboxylic acids is 1. The largest absolute Gasteiger partial charge is 0.494 e. The molecule has 0 saturated heterocycles. The molecule has 0 radical (unpaired) electrons. The van der Waals surface area contributed by atoms with E-state index in [0.29, 0.717) is 15.6 Å². The molecule has 8 nitrogen and oxygen atoms in total. The molecule has 0 aliphatic heterocycles. The minimum Gasteiger partial charge on any atom is -0.494 e. The number of aliphatic hydroxyl groups is 1. The first-order valence-electron chi connectivity index (χ1n) is 9.19. The second-order valence-corrected chi connectivity index (χ2v) is 7.52. The predicted molar refractivity (Wildman–Crippen MR) is 109 cm³/mol. The highest BCUT2D eigenvalue weighted by Gasteiger charge is 2.27. The van der Waals surface area contributed by atoms with Gasteiger partial charge in [0, 0.05) is 12.6 Å². The SMILES string of the molecule is O=C(O)CNC(=O)C(C(=O)NC1CCCCC1)=C(O)NCc1ccc(Cl)c(Cl)c1. The summed E-state index contributed by atoms with van der Waals surface area (Å²) in [6.45, 7) is -0.617. The normalized spacial score (nSPS) is 15.2. The molecule has 0 atom stereocenters. The van der Waals surface area contributed by atoms with Crippen molar-refractivity contribution in [2.45, 2.75) is 44.7 Å². The van der Waals surface area contributed by atoms with Crippen molar-refractivity contribution in [3.63, 3.8) is 0 Å². The molecule has 1 aromatic rings. The van der Waals surface area contributed by atoms with Gasteiger partial charge in [-0.15, -0.1) is 0 Å². The molecule has 158 valence electrons. The highest BCUT2D eigenvalue weighted by atomic mass is 35.5. The molecule has 2 amide bonds. The number of amides is 2. The smallest absolute Gasteiger partial charge is 0.322 e. The van der Waals surface area contributed by atoms with Gasteiger partial charge in [-0.1, -0.05) is 48.5 Å². The lowest BCUT2D eigenvalue weighted by molar-refractivity contribution is -0.138. The van der Waals surface area contributed by atoms with Gasteiger partial charge >= 0.3 is 5.97 Å². The first-order valence-corrected chi connectivity index (χ1v) is 9.95. The fourth-order valence-corrected chi connectivity index (χ4v) is 3.31. The Morgan fingerprint density at radius 2 is 1.66 bits per heavy atom. The van der Waals surface area contributed by atoms with Crippen LogP contribution in [-0.4, -0.2) is 40.6 Å². The van der Waals surface area contributed by atoms with Crippen LogP contribution in [0.25, 0.3) is 0 Å². The van der Waals surface area contributed by atoms with Gasteiger partial charge in [-0.05, 0) is 30.5 Å². The second-order valence-electron chi connectivity index (χ2n) is 6.71. The number of hydrogen-bond acceptors (Lipinski definition) is 5. The lowest BCUT2D eigenvalue weighted by Gasteiger charge is -2.23. The number of carboxylic acid groups (broad SMARTS) is 1. The average Bonchev–Trinajstić information content (AvgIpc) is 2.68. The van der Waals surface area contributed by atoms with Crippen molar-refractivity contribution < 1.29 is 24.6 Å². The topological polar surface area (TPSA) is 128 Å². The Morgan fingerprint density at radius 1 is 0.966 bits per heavy atom. The molecule has 1 saturated carbocycles. The van der Waals surface area contributed by atoms with Gasteiger partial charge in [0.2, 0.25) is 5.88 Å². The summed E-state index contributed by atoms with van der Waals surface area (Å²) in [5.74, 6) is -3.68. The molecule has 5 N–H and O–H groups in total. The van der Waals surface area contributed by atoms with Crippen LogP contribution in [0.1, 0.15) is 37.7 Å². The molecular formula is C19H23Cl2N3O5. The summed E-state index contributed by atoms with van der Waals surface area (Å²) >= 11 is 11.8. The van der Waals surface area contributed by atoms with Crippen molar-refractivity contribution in [2.75, 3.05) is 6.54 Å². The number of nitrogens with one attached hydrogen (secondary N) is 3. The van der Waals surface area contributed by atoms with Crippen LogP contribution >= 0.6 is 23.2 Å². The highest BCUT2D eigenvalue weighted by Crippen LogP contribution is 2.22. The number of benzene rings is 1. The van der Waals surface area contributed by atoms with E-state index in [1.165, 1.54) is 0 Å². The second kappa shape index (κ2) is 10.9. The molecule has 0 unspecified atom stereocenters. The fourth-order valence-electron chi connectivity index (χ4n) is 2.99. The number of carbonyl (C=O) groups is 3. The maximum atomic E-state index is 12.6. The minimum absolute atomic E-state index is 0.0646. The van der Waals surface area contributed by atoms with Crippen molar-refractivity contribution in [2.24, 2.45) is 0 Å². The van der Waals surface area contributed by atoms with Crippen LogP contribution in [-0.2, 0) is 20.9 Å². The van der Waals surface area contributed by atoms with Crippen LogP contribution < -0.4 is 16.0 Å². The van der Waals surface area contributed by atoms with Crippen LogP contribution in [0, 0.1) is 0 Å². The van der Waals surface area contributed by atoms with Gasteiger partial charge in [0.15, 0.2) is 5.57 Å². The summed E-state index contributed by atoms with van der Waals surface area (Å²) < 4.78 is 0. The Labute approximate surface area is 178 Å². The monoisotopic (exact) mass is 443 g/mol. The van der Waals surface area contributed by atoms with Crippen molar-refractivity contribution in [1.82, 2.24) is 16.0 Å². The molecular weight excluding hydrogens is 421 g/mol. The molecule has 1 aromatic carbocycles. The third-order valence-corrected chi connectivity index (χ3v) is 5.21. The van der Waals surface area contributed by atoms with Crippen LogP contribution in [0.4, 0.5) is 0 Å². The van der Waals surface area contributed by atoms with Crippen LogP contribution in [0.3, 0.4) is 0 Å². The molecule has 0 spiro atoms. The van der Waals surface area contributed by atoms with E-state index < -0.39 is 35.8 Å². The summed E-state index contributed by atoms with van der Waals surface area (Å²) in [5.41, 5.74) is 0.0841. The highest BCUT2D eigenvalue weighted by molar-refractivity contribution is 6.42. The summed E-state index contributed by atoms with van der Waals surface area (Å²) in [5, 5.41) is 27.3. The van der Waals surface area contributed by atoms with Gasteiger partial charge in [0.05, 0.1) is 10.0 Å². The van der Waals surface area contributed by atoms with E-state index in [1.807, 2.05) is 0 Å². The zero-order chi connectivity index (χ0) is 21.4. The summed E-state index contributed by atoms with van der Waals surface area (Å²) in [4.78, 5) is 35.7. The van der Waals surface area contributed by atoms with E-state index >= 15 is 0 Å². The Morgan fingerprint density at radius 3 is 2.28 bits per heavy atom. The third-order valence-electron chi connectivity index (χ3n) is 4.48. The Hall–Kier alpha value is -2.45. The number of halogens is 2. The zero-order valence-electron chi connectivity index (χ0n) is 15.6. The third kappa shape index (κ3) is 7.14. The van der Waals surface area contributed by atoms with Gasteiger partial charge in [-0.2, -0.15) is 0 Å². The maximum Gasteiger partial charge on any atom is 0.322 e. The number of aliphatic hydroxyl groups excluding tert-OH is 1. The van der Waals surface area contributed by atoms with Crippen molar-refractivity contribution in [1.29, 1.82) is 0 Å². The first kappa shape index (κ1) is 22.8. The van der Waals surface area contributed by atoms with E-state index in [-0.39, 0.29) is 12.6 Å². The minimum atomic E-state index is -1.27. The summed E-state index contributed by atoms with van der Waals surface area (Å²) in [6.07, 6.45) is 4.60. The number of carbonyl (C=O) groups excluding carboxylic acids is 2. The van der Waals surface area contributed by atoms with Gasteiger partial charge in [0.25, 0.3) is 11.8 Å². The van der Waals surface area contributed by atoms with Gasteiger partial charge in [-0.25, -0.2) is 0 Å². The summed E-state index contributed by atoms with van der Waals surface area (Å²) in [7, 11) is 0. The van der Waals surface area contributed by atoms with Gasteiger partial charge < -0.3 is 26.2 Å². The first-order chi connectivity index (χ1) is 13.8. The zero-order valence-corrected chi connectivity index (χ0v) is 17.1. The molecule has 29 heavy (non-hydrogen) atoms. The van der Waals surface area contributed by atoms with Crippen molar-refractivity contribution >= 4 is 41.0 Å². The van der Waals surface area contributed by atoms with E-state index in [9.17, 15) is 19.5 Å². The van der Waals surface area contributed by atoms with Crippen LogP contribution in [0.2, 0.25) is 10.0 Å². The van der Waals surface area contributed by atoms with E-state index in [0.717, 1.165) is 32.1 Å². The molecule has 10 heteroatoms. The van der Waals surface area contributed by atoms with Crippen LogP contribution in [0.5, 0.6) is 0 Å². The Balaban J connectivity index is 2.15. The molecule has 0 bridgehead atoms. The molecule has 1 fully saturated rings. The predicted octanol–water partition coefficient (Wildman–Crippen LogP) is 2.50. The van der Waals surface area contributed by atoms with Crippen molar-refractivity contribution in [3.05, 3.63) is 45.3 Å². The Bertz CT molecular complexity index is 807. The molecule has 0 heterocycles. The Kier molecular flexibility index (Phi) is 8.60. The van der Waals surface area contributed by atoms with E-state index in [4.69, 9.17) is 28.3 Å². The molecule has 1 aliphatic rings. The number of rotatable bonds is 8. The van der Waals surface area contributed by atoms with Gasteiger partial charge in [-0.3, -0.25) is 14.4 Å². The lowest BCUT2D eigenvalue weighted by atomic mass is 9.95. The molecule has 2 rings (SSSR count). The quantitative estimate of drug-likeness (QED) is 0.182. The maximum absolute atomic E-state index is 12.6. The van der Waals surface area contributed by atoms with Crippen LogP contribution in [0.15, 0.2) is 29.7 Å². The van der Waals surface area contributed by atoms with E-state index in [1.54, 1.807) is 18.2 Å². The lowest BCUT2D eigenvalue weighted by Crippen LogP contribution is -2.43. The van der Waals surface area contributed by atoms with E-state index in [2.05, 4.69) is 16.0 Å². The fraction of sp³-hybridized carbons (Fsp3) is 0.421. The average molecular weight is 444 g/mol. The standard InChI is InChI=1S/C19H23Cl2N3O5/c20-13-7-6-11(8-14(13)21)9-22-17(27)16(18(28)23-10-15(25)26)19(29)24-12-4-2-1-3-5-12/h6-8,12,22,27H,1-5,9-10H2,(H,23,28)(H,24,29)(H,25,26). The molecule has 1 aliphatic carbocycles.